The fourth-order valence-corrected chi connectivity index (χ4v) is 8.61. The lowest BCUT2D eigenvalue weighted by Gasteiger charge is -2.13. The Kier molecular flexibility index (Phi) is 8.31. The number of rotatable bonds is 7. The minimum atomic E-state index is 0.531. The van der Waals surface area contributed by atoms with Crippen LogP contribution in [0.25, 0.3) is 112 Å². The number of nitrogens with zero attached hydrogens (tertiary/aromatic N) is 8. The van der Waals surface area contributed by atoms with Crippen molar-refractivity contribution in [3.63, 3.8) is 0 Å². The number of aromatic nitrogens is 8. The van der Waals surface area contributed by atoms with Crippen molar-refractivity contribution in [3.05, 3.63) is 206 Å². The van der Waals surface area contributed by atoms with Crippen molar-refractivity contribution in [3.8, 4) is 68.6 Å². The number of hydrogen-bond donors (Lipinski definition) is 0. The van der Waals surface area contributed by atoms with Gasteiger partial charge in [0.25, 0.3) is 0 Å². The van der Waals surface area contributed by atoms with Crippen molar-refractivity contribution in [2.45, 2.75) is 0 Å². The maximum atomic E-state index is 5.34. The van der Waals surface area contributed by atoms with Gasteiger partial charge in [0, 0.05) is 43.8 Å². The highest BCUT2D eigenvalue weighted by Gasteiger charge is 2.23. The fourth-order valence-electron chi connectivity index (χ4n) is 8.61. The maximum absolute atomic E-state index is 5.34. The first-order valence-electron chi connectivity index (χ1n) is 20.6. The molecule has 290 valence electrons. The van der Waals surface area contributed by atoms with Gasteiger partial charge >= 0.3 is 0 Å². The van der Waals surface area contributed by atoms with Gasteiger partial charge in [-0.15, -0.1) is 0 Å². The third-order valence-electron chi connectivity index (χ3n) is 11.5. The summed E-state index contributed by atoms with van der Waals surface area (Å²) in [6.07, 6.45) is 0. The highest BCUT2D eigenvalue weighted by Crippen LogP contribution is 2.40. The van der Waals surface area contributed by atoms with E-state index >= 15 is 0 Å². The summed E-state index contributed by atoms with van der Waals surface area (Å²) in [5.41, 5.74) is 9.71. The topological polar surface area (TPSA) is 87.2 Å². The summed E-state index contributed by atoms with van der Waals surface area (Å²) < 4.78 is 4.36. The molecule has 0 fully saturated rings. The van der Waals surface area contributed by atoms with E-state index < -0.39 is 0 Å². The Hall–Kier alpha value is -8.62. The van der Waals surface area contributed by atoms with E-state index in [1.165, 1.54) is 0 Å². The predicted octanol–water partition coefficient (Wildman–Crippen LogP) is 12.6. The van der Waals surface area contributed by atoms with Crippen LogP contribution in [0.5, 0.6) is 0 Å². The van der Waals surface area contributed by atoms with Gasteiger partial charge in [0.1, 0.15) is 0 Å². The highest BCUT2D eigenvalue weighted by molar-refractivity contribution is 6.18. The van der Waals surface area contributed by atoms with E-state index in [0.717, 1.165) is 77.0 Å². The van der Waals surface area contributed by atoms with Crippen LogP contribution in [-0.4, -0.2) is 39.0 Å². The molecule has 0 spiro atoms. The van der Waals surface area contributed by atoms with Gasteiger partial charge in [-0.1, -0.05) is 182 Å². The first-order valence-corrected chi connectivity index (χ1v) is 20.6. The Balaban J connectivity index is 1.14. The van der Waals surface area contributed by atoms with Crippen LogP contribution in [0.15, 0.2) is 206 Å². The van der Waals surface area contributed by atoms with Gasteiger partial charge in [0.2, 0.25) is 11.9 Å². The van der Waals surface area contributed by atoms with Crippen LogP contribution in [0.2, 0.25) is 0 Å². The van der Waals surface area contributed by atoms with E-state index in [0.29, 0.717) is 35.2 Å². The van der Waals surface area contributed by atoms with Crippen molar-refractivity contribution < 1.29 is 0 Å². The predicted molar refractivity (Wildman–Crippen MR) is 249 cm³/mol. The maximum Gasteiger partial charge on any atom is 0.238 e. The summed E-state index contributed by atoms with van der Waals surface area (Å²) in [5, 5.41) is 4.24. The van der Waals surface area contributed by atoms with Gasteiger partial charge in [-0.05, 0) is 35.4 Å². The SMILES string of the molecule is c1ccc(-c2nc(-c3ccccc3)nc(-n3c4ccccc4c4cc5c(cc43)c3ccccc3n5-c3nc(-c4ccccc4)nc(-c4ccccc4-c4ccccc4)n3)n2)cc1. The average molecular weight is 795 g/mol. The van der Waals surface area contributed by atoms with E-state index in [2.05, 4.69) is 112 Å². The fraction of sp³-hybridized carbons (Fsp3) is 0. The van der Waals surface area contributed by atoms with Crippen LogP contribution >= 0.6 is 0 Å². The highest BCUT2D eigenvalue weighted by atomic mass is 15.2. The minimum absolute atomic E-state index is 0.531. The van der Waals surface area contributed by atoms with E-state index in [4.69, 9.17) is 29.9 Å². The van der Waals surface area contributed by atoms with Crippen molar-refractivity contribution in [1.82, 2.24) is 39.0 Å². The first-order chi connectivity index (χ1) is 30.7. The van der Waals surface area contributed by atoms with Crippen molar-refractivity contribution >= 4 is 43.6 Å². The molecule has 12 rings (SSSR count). The van der Waals surface area contributed by atoms with Crippen LogP contribution in [0.4, 0.5) is 0 Å². The van der Waals surface area contributed by atoms with Gasteiger partial charge in [0.15, 0.2) is 23.3 Å². The standard InChI is InChI=1S/C54H34N8/c1-5-19-35(20-6-1)39-27-13-14-30-42(39)52-56-51(38-25-11-4-12-26-38)59-54(60-52)62-46-32-18-16-29-41(46)44-33-47-43(34-48(44)62)40-28-15-17-31-45(40)61(47)53-57-49(36-21-7-2-8-22-36)55-50(58-53)37-23-9-3-10-24-37/h1-34H. The molecule has 0 atom stereocenters. The van der Waals surface area contributed by atoms with Gasteiger partial charge in [0.05, 0.1) is 22.1 Å². The Labute approximate surface area is 356 Å². The first kappa shape index (κ1) is 35.3. The Morgan fingerprint density at radius 3 is 1.03 bits per heavy atom. The molecule has 0 aliphatic heterocycles. The lowest BCUT2D eigenvalue weighted by Crippen LogP contribution is -2.07. The van der Waals surface area contributed by atoms with Crippen molar-refractivity contribution in [2.75, 3.05) is 0 Å². The second-order valence-electron chi connectivity index (χ2n) is 15.2. The minimum Gasteiger partial charge on any atom is -0.278 e. The zero-order valence-corrected chi connectivity index (χ0v) is 33.2. The molecule has 12 aromatic rings. The molecule has 8 heteroatoms. The molecular formula is C54H34N8. The Bertz CT molecular complexity index is 3560. The molecule has 4 aromatic heterocycles. The molecule has 0 unspecified atom stereocenters. The molecule has 0 radical (unpaired) electrons. The largest absolute Gasteiger partial charge is 0.278 e. The van der Waals surface area contributed by atoms with Gasteiger partial charge in [-0.25, -0.2) is 9.97 Å². The molecule has 0 N–H and O–H groups in total. The molecule has 0 amide bonds. The van der Waals surface area contributed by atoms with Crippen LogP contribution in [-0.2, 0) is 0 Å². The molecule has 8 nitrogen and oxygen atoms in total. The third-order valence-corrected chi connectivity index (χ3v) is 11.5. The summed E-state index contributed by atoms with van der Waals surface area (Å²) in [6.45, 7) is 0. The molecule has 8 aromatic carbocycles. The van der Waals surface area contributed by atoms with Gasteiger partial charge in [-0.2, -0.15) is 19.9 Å². The van der Waals surface area contributed by atoms with Crippen LogP contribution < -0.4 is 0 Å². The molecule has 4 heterocycles. The number of fused-ring (bicyclic) bond motifs is 6. The molecule has 0 aliphatic rings. The third kappa shape index (κ3) is 5.92. The summed E-state index contributed by atoms with van der Waals surface area (Å²) in [6, 6.07) is 70.5. The summed E-state index contributed by atoms with van der Waals surface area (Å²) in [5.74, 6) is 3.46. The number of para-hydroxylation sites is 2. The molecular weight excluding hydrogens is 761 g/mol. The zero-order valence-electron chi connectivity index (χ0n) is 33.2. The summed E-state index contributed by atoms with van der Waals surface area (Å²) >= 11 is 0. The van der Waals surface area contributed by atoms with E-state index in [1.54, 1.807) is 0 Å². The molecule has 0 saturated carbocycles. The smallest absolute Gasteiger partial charge is 0.238 e. The van der Waals surface area contributed by atoms with E-state index in [1.807, 2.05) is 103 Å². The van der Waals surface area contributed by atoms with Gasteiger partial charge < -0.3 is 0 Å². The molecule has 0 aliphatic carbocycles. The van der Waals surface area contributed by atoms with Crippen LogP contribution in [0.1, 0.15) is 0 Å². The summed E-state index contributed by atoms with van der Waals surface area (Å²) in [4.78, 5) is 31.1. The number of hydrogen-bond acceptors (Lipinski definition) is 6. The number of benzene rings is 8. The zero-order chi connectivity index (χ0) is 41.0. The van der Waals surface area contributed by atoms with Crippen molar-refractivity contribution in [2.24, 2.45) is 0 Å². The van der Waals surface area contributed by atoms with Crippen LogP contribution in [0, 0.1) is 0 Å². The van der Waals surface area contributed by atoms with Gasteiger partial charge in [-0.3, -0.25) is 9.13 Å². The summed E-state index contributed by atoms with van der Waals surface area (Å²) in [7, 11) is 0. The Morgan fingerprint density at radius 2 is 0.581 bits per heavy atom. The second kappa shape index (κ2) is 14.6. The second-order valence-corrected chi connectivity index (χ2v) is 15.2. The molecule has 62 heavy (non-hydrogen) atoms. The molecule has 0 bridgehead atoms. The van der Waals surface area contributed by atoms with E-state index in [-0.39, 0.29) is 0 Å². The Morgan fingerprint density at radius 1 is 0.242 bits per heavy atom. The normalized spacial score (nSPS) is 11.5. The van der Waals surface area contributed by atoms with Crippen molar-refractivity contribution in [1.29, 1.82) is 0 Å². The lowest BCUT2D eigenvalue weighted by molar-refractivity contribution is 0.951. The monoisotopic (exact) mass is 794 g/mol. The quantitative estimate of drug-likeness (QED) is 0.160. The lowest BCUT2D eigenvalue weighted by atomic mass is 9.99. The van der Waals surface area contributed by atoms with Crippen LogP contribution in [0.3, 0.4) is 0 Å². The van der Waals surface area contributed by atoms with E-state index in [9.17, 15) is 0 Å². The average Bonchev–Trinajstić information content (AvgIpc) is 3.86. The molecule has 0 saturated heterocycles.